The van der Waals surface area contributed by atoms with Gasteiger partial charge in [0, 0.05) is 7.05 Å². The summed E-state index contributed by atoms with van der Waals surface area (Å²) in [5, 5.41) is 2.66. The molecule has 3 aromatic rings. The Morgan fingerprint density at radius 3 is 2.08 bits per heavy atom. The maximum absolute atomic E-state index is 12.9. The number of nitrogens with zero attached hydrogens (tertiary/aromatic N) is 2. The molecule has 0 saturated carbocycles. The molecular formula is C18H18N3O4P-2. The number of hydrogen-bond donors (Lipinski definition) is 1. The minimum Gasteiger partial charge on any atom is -0.809 e. The average molecular weight is 371 g/mol. The van der Waals surface area contributed by atoms with Crippen LogP contribution in [0.4, 0.5) is 5.69 Å². The number of hydrogen-bond acceptors (Lipinski definition) is 5. The minimum atomic E-state index is -5.05. The zero-order valence-corrected chi connectivity index (χ0v) is 15.2. The van der Waals surface area contributed by atoms with Crippen molar-refractivity contribution in [2.45, 2.75) is 12.7 Å². The Kier molecular flexibility index (Phi) is 4.87. The lowest BCUT2D eigenvalue weighted by atomic mass is 10.2. The van der Waals surface area contributed by atoms with Crippen molar-refractivity contribution in [2.24, 2.45) is 7.05 Å². The van der Waals surface area contributed by atoms with E-state index in [9.17, 15) is 19.1 Å². The van der Waals surface area contributed by atoms with Gasteiger partial charge >= 0.3 is 0 Å². The first-order valence-electron chi connectivity index (χ1n) is 7.98. The monoisotopic (exact) mass is 371 g/mol. The normalized spacial score (nSPS) is 12.8. The molecule has 0 amide bonds. The molecule has 136 valence electrons. The van der Waals surface area contributed by atoms with Gasteiger partial charge in [0.15, 0.2) is 0 Å². The SMILES string of the molecule is Cc1c(N[C@H](c2ccccc2)P(=O)([O-])[O-])c(=O)n(-c2ccccc2)n1C. The zero-order chi connectivity index (χ0) is 18.9. The number of nitrogens with one attached hydrogen (secondary N) is 1. The quantitative estimate of drug-likeness (QED) is 0.685. The molecule has 1 N–H and O–H groups in total. The summed E-state index contributed by atoms with van der Waals surface area (Å²) < 4.78 is 14.8. The summed E-state index contributed by atoms with van der Waals surface area (Å²) in [6, 6.07) is 17.0. The molecule has 7 nitrogen and oxygen atoms in total. The van der Waals surface area contributed by atoms with Crippen LogP contribution < -0.4 is 20.7 Å². The molecule has 1 heterocycles. The van der Waals surface area contributed by atoms with Crippen LogP contribution in [0, 0.1) is 6.92 Å². The van der Waals surface area contributed by atoms with Crippen molar-refractivity contribution in [3.63, 3.8) is 0 Å². The Morgan fingerprint density at radius 2 is 1.54 bits per heavy atom. The summed E-state index contributed by atoms with van der Waals surface area (Å²) in [6.45, 7) is 1.69. The van der Waals surface area contributed by atoms with E-state index in [1.807, 2.05) is 6.07 Å². The molecule has 1 atom stereocenters. The first kappa shape index (κ1) is 18.2. The largest absolute Gasteiger partial charge is 0.809 e. The molecule has 0 fully saturated rings. The van der Waals surface area contributed by atoms with Crippen molar-refractivity contribution < 1.29 is 14.4 Å². The highest BCUT2D eigenvalue weighted by atomic mass is 31.2. The Balaban J connectivity index is 2.10. The summed E-state index contributed by atoms with van der Waals surface area (Å²) in [4.78, 5) is 36.5. The molecule has 0 aliphatic rings. The first-order chi connectivity index (χ1) is 12.3. The molecule has 0 bridgehead atoms. The number of benzene rings is 2. The van der Waals surface area contributed by atoms with Crippen LogP contribution in [0.3, 0.4) is 0 Å². The highest BCUT2D eigenvalue weighted by Gasteiger charge is 2.22. The second-order valence-electron chi connectivity index (χ2n) is 5.93. The predicted octanol–water partition coefficient (Wildman–Crippen LogP) is 1.51. The van der Waals surface area contributed by atoms with E-state index in [0.717, 1.165) is 0 Å². The van der Waals surface area contributed by atoms with Crippen LogP contribution in [-0.2, 0) is 11.6 Å². The lowest BCUT2D eigenvalue weighted by Gasteiger charge is -2.39. The smallest absolute Gasteiger partial charge is 0.295 e. The van der Waals surface area contributed by atoms with Crippen molar-refractivity contribution >= 4 is 13.3 Å². The van der Waals surface area contributed by atoms with Crippen LogP contribution in [0.1, 0.15) is 17.0 Å². The average Bonchev–Trinajstić information content (AvgIpc) is 2.83. The van der Waals surface area contributed by atoms with Gasteiger partial charge in [0.2, 0.25) is 0 Å². The molecule has 26 heavy (non-hydrogen) atoms. The van der Waals surface area contributed by atoms with E-state index in [0.29, 0.717) is 11.4 Å². The Morgan fingerprint density at radius 1 is 1.00 bits per heavy atom. The van der Waals surface area contributed by atoms with Gasteiger partial charge < -0.3 is 19.7 Å². The van der Waals surface area contributed by atoms with Gasteiger partial charge in [-0.1, -0.05) is 48.5 Å². The third kappa shape index (κ3) is 3.37. The summed E-state index contributed by atoms with van der Waals surface area (Å²) in [5.41, 5.74) is 1.10. The van der Waals surface area contributed by atoms with E-state index in [1.54, 1.807) is 61.1 Å². The van der Waals surface area contributed by atoms with Crippen LogP contribution in [0.25, 0.3) is 5.69 Å². The zero-order valence-electron chi connectivity index (χ0n) is 14.3. The molecule has 0 saturated heterocycles. The van der Waals surface area contributed by atoms with Crippen molar-refractivity contribution in [3.8, 4) is 5.69 Å². The first-order valence-corrected chi connectivity index (χ1v) is 9.59. The molecule has 1 aromatic heterocycles. The molecule has 8 heteroatoms. The Bertz CT molecular complexity index is 1010. The Labute approximate surface area is 150 Å². The van der Waals surface area contributed by atoms with Gasteiger partial charge in [-0.05, 0) is 32.2 Å². The van der Waals surface area contributed by atoms with Gasteiger partial charge in [0.1, 0.15) is 5.69 Å². The molecule has 0 spiro atoms. The molecule has 2 aromatic carbocycles. The van der Waals surface area contributed by atoms with Gasteiger partial charge in [-0.3, -0.25) is 9.48 Å². The van der Waals surface area contributed by atoms with Crippen LogP contribution in [0.15, 0.2) is 65.5 Å². The van der Waals surface area contributed by atoms with E-state index < -0.39 is 18.9 Å². The summed E-state index contributed by atoms with van der Waals surface area (Å²) in [6.07, 6.45) is 0. The topological polar surface area (TPSA) is 102 Å². The lowest BCUT2D eigenvalue weighted by molar-refractivity contribution is -0.316. The van der Waals surface area contributed by atoms with Crippen LogP contribution in [-0.4, -0.2) is 9.36 Å². The minimum absolute atomic E-state index is 0.0807. The fourth-order valence-corrected chi connectivity index (χ4v) is 3.68. The van der Waals surface area contributed by atoms with Gasteiger partial charge in [0.25, 0.3) is 5.56 Å². The summed E-state index contributed by atoms with van der Waals surface area (Å²) in [5.74, 6) is -1.53. The van der Waals surface area contributed by atoms with Gasteiger partial charge in [-0.25, -0.2) is 4.68 Å². The fraction of sp³-hybridized carbons (Fsp3) is 0.167. The molecule has 0 aliphatic carbocycles. The van der Waals surface area contributed by atoms with Crippen LogP contribution in [0.2, 0.25) is 0 Å². The second-order valence-corrected chi connectivity index (χ2v) is 7.53. The van der Waals surface area contributed by atoms with Crippen molar-refractivity contribution in [3.05, 3.63) is 82.3 Å². The van der Waals surface area contributed by atoms with Crippen molar-refractivity contribution in [2.75, 3.05) is 5.32 Å². The van der Waals surface area contributed by atoms with Gasteiger partial charge in [-0.15, -0.1) is 0 Å². The van der Waals surface area contributed by atoms with Gasteiger partial charge in [0.05, 0.1) is 17.2 Å². The van der Waals surface area contributed by atoms with Crippen LogP contribution in [0.5, 0.6) is 0 Å². The lowest BCUT2D eigenvalue weighted by Crippen LogP contribution is -2.28. The second kappa shape index (κ2) is 6.96. The van der Waals surface area contributed by atoms with Crippen LogP contribution >= 0.6 is 7.60 Å². The highest BCUT2D eigenvalue weighted by Crippen LogP contribution is 2.44. The standard InChI is InChI=1S/C18H20N3O4P/c1-13-16(18(22)21(20(13)2)15-11-7-4-8-12-15)19-17(26(23,24)25)14-9-5-3-6-10-14/h3-12,17,19H,1-2H3,(H2,23,24,25)/p-2/t17-/m0/s1. The van der Waals surface area contributed by atoms with Crippen molar-refractivity contribution in [1.82, 2.24) is 9.36 Å². The number of rotatable bonds is 5. The third-order valence-electron chi connectivity index (χ3n) is 4.27. The van der Waals surface area contributed by atoms with E-state index in [4.69, 9.17) is 0 Å². The highest BCUT2D eigenvalue weighted by molar-refractivity contribution is 7.49. The number of para-hydroxylation sites is 1. The summed E-state index contributed by atoms with van der Waals surface area (Å²) in [7, 11) is -3.35. The van der Waals surface area contributed by atoms with E-state index in [-0.39, 0.29) is 11.3 Å². The number of aromatic nitrogens is 2. The maximum atomic E-state index is 12.9. The van der Waals surface area contributed by atoms with Gasteiger partial charge in [-0.2, -0.15) is 0 Å². The maximum Gasteiger partial charge on any atom is 0.295 e. The van der Waals surface area contributed by atoms with E-state index >= 15 is 0 Å². The molecule has 0 radical (unpaired) electrons. The Hall–Kier alpha value is -2.60. The number of anilines is 1. The third-order valence-corrected chi connectivity index (χ3v) is 5.33. The van der Waals surface area contributed by atoms with E-state index in [1.165, 1.54) is 16.8 Å². The molecule has 0 aliphatic heterocycles. The molecule has 0 unspecified atom stereocenters. The van der Waals surface area contributed by atoms with Crippen molar-refractivity contribution in [1.29, 1.82) is 0 Å². The van der Waals surface area contributed by atoms with E-state index in [2.05, 4.69) is 5.32 Å². The summed E-state index contributed by atoms with van der Waals surface area (Å²) >= 11 is 0. The molecular weight excluding hydrogens is 353 g/mol. The molecule has 3 rings (SSSR count). The fourth-order valence-electron chi connectivity index (χ4n) is 2.85. The predicted molar refractivity (Wildman–Crippen MR) is 96.2 cm³/mol.